The summed E-state index contributed by atoms with van der Waals surface area (Å²) in [7, 11) is 2.35. The Balaban J connectivity index is 1.46. The summed E-state index contributed by atoms with van der Waals surface area (Å²) in [5.41, 5.74) is 2.38. The average molecular weight is 340 g/mol. The number of benzene rings is 2. The predicted molar refractivity (Wildman–Crippen MR) is 99.6 cm³/mol. The molecule has 2 heterocycles. The number of quaternary nitrogens is 1. The summed E-state index contributed by atoms with van der Waals surface area (Å²) >= 11 is 1.67. The second-order valence-corrected chi connectivity index (χ2v) is 7.86. The Hall–Kier alpha value is -2.11. The molecule has 0 unspecified atom stereocenters. The molecule has 24 heavy (non-hydrogen) atoms. The zero-order valence-electron chi connectivity index (χ0n) is 13.9. The number of thiazole rings is 1. The number of phenolic OH excluding ortho intramolecular Hbond substituents is 1. The minimum atomic E-state index is 0.309. The molecule has 4 nitrogen and oxygen atoms in total. The molecule has 5 heteroatoms. The number of rotatable bonds is 3. The Bertz CT molecular complexity index is 838. The molecule has 0 bridgehead atoms. The molecule has 124 valence electrons. The number of aromatic hydroxyl groups is 1. The van der Waals surface area contributed by atoms with Gasteiger partial charge in [-0.25, -0.2) is 4.98 Å². The molecule has 3 aromatic rings. The summed E-state index contributed by atoms with van der Waals surface area (Å²) in [5, 5.41) is 10.7. The van der Waals surface area contributed by atoms with E-state index in [0.29, 0.717) is 5.75 Å². The predicted octanol–water partition coefficient (Wildman–Crippen LogP) is 3.47. The van der Waals surface area contributed by atoms with E-state index in [4.69, 9.17) is 4.98 Å². The lowest BCUT2D eigenvalue weighted by Gasteiger charge is -2.42. The van der Waals surface area contributed by atoms with E-state index in [-0.39, 0.29) is 0 Å². The molecule has 0 spiro atoms. The van der Waals surface area contributed by atoms with Crippen LogP contribution in [0.25, 0.3) is 10.2 Å². The van der Waals surface area contributed by atoms with Gasteiger partial charge in [-0.3, -0.25) is 0 Å². The van der Waals surface area contributed by atoms with Crippen molar-refractivity contribution in [3.8, 4) is 5.75 Å². The van der Waals surface area contributed by atoms with E-state index in [1.54, 1.807) is 23.5 Å². The molecule has 0 atom stereocenters. The van der Waals surface area contributed by atoms with Gasteiger partial charge in [0.2, 0.25) is 0 Å². The van der Waals surface area contributed by atoms with Crippen LogP contribution in [0.5, 0.6) is 5.75 Å². The lowest BCUT2D eigenvalue weighted by Crippen LogP contribution is -2.56. The zero-order valence-corrected chi connectivity index (χ0v) is 14.7. The standard InChI is InChI=1S/C19H21N3OS/c1-22(14-15-5-3-2-4-6-15)11-9-21(10-12-22)19-20-17-8-7-16(23)13-18(17)24-19/h2-8,13H,9-12,14H2,1H3/p+1. The van der Waals surface area contributed by atoms with Crippen LogP contribution < -0.4 is 4.90 Å². The number of likely N-dealkylation sites (N-methyl/N-ethyl adjacent to an activating group) is 1. The van der Waals surface area contributed by atoms with E-state index in [1.165, 1.54) is 5.56 Å². The number of phenols is 1. The van der Waals surface area contributed by atoms with Crippen molar-refractivity contribution in [3.63, 3.8) is 0 Å². The number of piperazine rings is 1. The van der Waals surface area contributed by atoms with Gasteiger partial charge in [-0.05, 0) is 18.2 Å². The number of hydrogen-bond acceptors (Lipinski definition) is 4. The summed E-state index contributed by atoms with van der Waals surface area (Å²) in [5.74, 6) is 0.309. The maximum atomic E-state index is 9.62. The highest BCUT2D eigenvalue weighted by Gasteiger charge is 2.30. The Morgan fingerprint density at radius 2 is 1.88 bits per heavy atom. The highest BCUT2D eigenvalue weighted by atomic mass is 32.1. The first-order valence-corrected chi connectivity index (χ1v) is 9.15. The van der Waals surface area contributed by atoms with Crippen LogP contribution in [0, 0.1) is 0 Å². The fourth-order valence-corrected chi connectivity index (χ4v) is 4.41. The van der Waals surface area contributed by atoms with Gasteiger partial charge in [0.05, 0.1) is 43.4 Å². The molecule has 1 fully saturated rings. The van der Waals surface area contributed by atoms with Crippen molar-refractivity contribution in [1.82, 2.24) is 4.98 Å². The molecule has 2 aromatic carbocycles. The van der Waals surface area contributed by atoms with Gasteiger partial charge in [0.1, 0.15) is 12.3 Å². The van der Waals surface area contributed by atoms with Crippen molar-refractivity contribution in [3.05, 3.63) is 54.1 Å². The van der Waals surface area contributed by atoms with Gasteiger partial charge in [-0.1, -0.05) is 41.7 Å². The van der Waals surface area contributed by atoms with Crippen LogP contribution in [-0.2, 0) is 6.54 Å². The molecule has 1 N–H and O–H groups in total. The summed E-state index contributed by atoms with van der Waals surface area (Å²) < 4.78 is 2.13. The third-order valence-corrected chi connectivity index (χ3v) is 5.94. The number of hydrogen-bond donors (Lipinski definition) is 1. The Morgan fingerprint density at radius 3 is 2.62 bits per heavy atom. The highest BCUT2D eigenvalue weighted by Crippen LogP contribution is 2.32. The van der Waals surface area contributed by atoms with E-state index >= 15 is 0 Å². The van der Waals surface area contributed by atoms with Crippen molar-refractivity contribution >= 4 is 26.7 Å². The van der Waals surface area contributed by atoms with E-state index in [2.05, 4.69) is 42.3 Å². The van der Waals surface area contributed by atoms with E-state index < -0.39 is 0 Å². The van der Waals surface area contributed by atoms with Crippen LogP contribution in [0.4, 0.5) is 5.13 Å². The highest BCUT2D eigenvalue weighted by molar-refractivity contribution is 7.22. The van der Waals surface area contributed by atoms with Gasteiger partial charge < -0.3 is 14.5 Å². The molecule has 0 aliphatic carbocycles. The van der Waals surface area contributed by atoms with E-state index in [9.17, 15) is 5.11 Å². The van der Waals surface area contributed by atoms with Crippen LogP contribution in [0.3, 0.4) is 0 Å². The molecular weight excluding hydrogens is 318 g/mol. The van der Waals surface area contributed by atoms with Crippen molar-refractivity contribution in [2.45, 2.75) is 6.54 Å². The largest absolute Gasteiger partial charge is 0.508 e. The SMILES string of the molecule is C[N+]1(Cc2ccccc2)CCN(c2nc3ccc(O)cc3s2)CC1. The quantitative estimate of drug-likeness (QED) is 0.742. The summed E-state index contributed by atoms with van der Waals surface area (Å²) in [6.07, 6.45) is 0. The second-order valence-electron chi connectivity index (χ2n) is 6.85. The number of aromatic nitrogens is 1. The van der Waals surface area contributed by atoms with Crippen LogP contribution in [0.2, 0.25) is 0 Å². The molecule has 1 aliphatic heterocycles. The van der Waals surface area contributed by atoms with Gasteiger partial charge in [0.25, 0.3) is 0 Å². The lowest BCUT2D eigenvalue weighted by molar-refractivity contribution is -0.923. The Labute approximate surface area is 146 Å². The van der Waals surface area contributed by atoms with Gasteiger partial charge in [-0.2, -0.15) is 0 Å². The fourth-order valence-electron chi connectivity index (χ4n) is 3.36. The summed E-state index contributed by atoms with van der Waals surface area (Å²) in [4.78, 5) is 7.12. The maximum Gasteiger partial charge on any atom is 0.186 e. The number of fused-ring (bicyclic) bond motifs is 1. The monoisotopic (exact) mass is 340 g/mol. The van der Waals surface area contributed by atoms with Gasteiger partial charge >= 0.3 is 0 Å². The van der Waals surface area contributed by atoms with Gasteiger partial charge in [0, 0.05) is 5.56 Å². The zero-order chi connectivity index (χ0) is 16.6. The van der Waals surface area contributed by atoms with Crippen molar-refractivity contribution in [2.75, 3.05) is 38.1 Å². The smallest absolute Gasteiger partial charge is 0.186 e. The number of anilines is 1. The van der Waals surface area contributed by atoms with E-state index in [0.717, 1.165) is 52.6 Å². The van der Waals surface area contributed by atoms with Crippen molar-refractivity contribution in [2.24, 2.45) is 0 Å². The first-order chi connectivity index (χ1) is 11.6. The molecule has 1 aliphatic rings. The second kappa shape index (κ2) is 6.07. The first kappa shape index (κ1) is 15.4. The van der Waals surface area contributed by atoms with Crippen LogP contribution in [0.15, 0.2) is 48.5 Å². The van der Waals surface area contributed by atoms with Crippen molar-refractivity contribution in [1.29, 1.82) is 0 Å². The third-order valence-electron chi connectivity index (χ3n) is 4.86. The molecule has 0 radical (unpaired) electrons. The molecule has 1 aromatic heterocycles. The fraction of sp³-hybridized carbons (Fsp3) is 0.316. The third kappa shape index (κ3) is 3.09. The molecule has 4 rings (SSSR count). The molecule has 0 saturated carbocycles. The lowest BCUT2D eigenvalue weighted by atomic mass is 10.1. The van der Waals surface area contributed by atoms with Gasteiger partial charge in [0.15, 0.2) is 5.13 Å². The normalized spacial score (nSPS) is 17.3. The molecule has 1 saturated heterocycles. The Kier molecular flexibility index (Phi) is 3.90. The summed E-state index contributed by atoms with van der Waals surface area (Å²) in [6.45, 7) is 5.37. The van der Waals surface area contributed by atoms with Gasteiger partial charge in [-0.15, -0.1) is 0 Å². The van der Waals surface area contributed by atoms with Crippen LogP contribution in [-0.4, -0.2) is 47.8 Å². The maximum absolute atomic E-state index is 9.62. The molecule has 0 amide bonds. The average Bonchev–Trinajstić information content (AvgIpc) is 2.99. The Morgan fingerprint density at radius 1 is 1.12 bits per heavy atom. The van der Waals surface area contributed by atoms with Crippen LogP contribution in [0.1, 0.15) is 5.56 Å². The molecular formula is C19H22N3OS+. The van der Waals surface area contributed by atoms with Crippen molar-refractivity contribution < 1.29 is 9.59 Å². The van der Waals surface area contributed by atoms with E-state index in [1.807, 2.05) is 6.07 Å². The first-order valence-electron chi connectivity index (χ1n) is 8.33. The topological polar surface area (TPSA) is 36.4 Å². The minimum Gasteiger partial charge on any atom is -0.508 e. The minimum absolute atomic E-state index is 0.309. The number of nitrogens with zero attached hydrogens (tertiary/aromatic N) is 3. The van der Waals surface area contributed by atoms with Crippen LogP contribution >= 0.6 is 11.3 Å². The summed E-state index contributed by atoms with van der Waals surface area (Å²) in [6, 6.07) is 16.1.